The van der Waals surface area contributed by atoms with Gasteiger partial charge in [0.25, 0.3) is 0 Å². The molecule has 0 heterocycles. The van der Waals surface area contributed by atoms with Gasteiger partial charge in [0.05, 0.1) is 15.6 Å². The maximum absolute atomic E-state index is 13.6. The van der Waals surface area contributed by atoms with E-state index in [1.54, 1.807) is 0 Å². The van der Waals surface area contributed by atoms with Crippen molar-refractivity contribution in [1.29, 1.82) is 0 Å². The Morgan fingerprint density at radius 3 is 2.31 bits per heavy atom. The summed E-state index contributed by atoms with van der Waals surface area (Å²) in [5.41, 5.74) is -1.15. The lowest BCUT2D eigenvalue weighted by Gasteiger charge is -2.44. The molecule has 0 aliphatic carbocycles. The summed E-state index contributed by atoms with van der Waals surface area (Å²) in [6.07, 6.45) is -7.28. The zero-order chi connectivity index (χ0) is 26.4. The van der Waals surface area contributed by atoms with Gasteiger partial charge in [-0.3, -0.25) is 9.69 Å². The average Bonchev–Trinajstić information content (AvgIpc) is 2.76. The molecule has 2 rings (SSSR count). The van der Waals surface area contributed by atoms with Gasteiger partial charge >= 0.3 is 12.3 Å². The monoisotopic (exact) mass is 538 g/mol. The summed E-state index contributed by atoms with van der Waals surface area (Å²) in [6.45, 7) is -0.704. The van der Waals surface area contributed by atoms with Crippen LogP contribution in [0.1, 0.15) is 24.8 Å². The van der Waals surface area contributed by atoms with Crippen LogP contribution in [-0.4, -0.2) is 60.3 Å². The molecule has 0 aliphatic rings. The largest absolute Gasteiger partial charge is 0.415 e. The Bertz CT molecular complexity index is 1050. The molecule has 6 nitrogen and oxygen atoms in total. The highest BCUT2D eigenvalue weighted by atomic mass is 35.5. The van der Waals surface area contributed by atoms with Crippen LogP contribution in [0.4, 0.5) is 22.4 Å². The van der Waals surface area contributed by atoms with E-state index in [-0.39, 0.29) is 35.2 Å². The van der Waals surface area contributed by atoms with E-state index >= 15 is 0 Å². The van der Waals surface area contributed by atoms with Crippen LogP contribution < -0.4 is 4.74 Å². The van der Waals surface area contributed by atoms with Crippen LogP contribution in [0.2, 0.25) is 10.0 Å². The molecular formula is C23H24Cl2F4N2O4. The first kappa shape index (κ1) is 28.7. The molecule has 0 saturated heterocycles. The molecule has 12 heteroatoms. The minimum atomic E-state index is -4.73. The molecule has 0 bridgehead atoms. The fourth-order valence-corrected chi connectivity index (χ4v) is 3.90. The highest BCUT2D eigenvalue weighted by Crippen LogP contribution is 2.38. The van der Waals surface area contributed by atoms with Gasteiger partial charge in [-0.25, -0.2) is 9.18 Å². The van der Waals surface area contributed by atoms with Crippen LogP contribution in [0.15, 0.2) is 42.5 Å². The molecule has 192 valence electrons. The Hall–Kier alpha value is -2.56. The number of aliphatic hydroxyl groups is 1. The molecule has 35 heavy (non-hydrogen) atoms. The fourth-order valence-electron chi connectivity index (χ4n) is 3.60. The molecule has 0 saturated carbocycles. The van der Waals surface area contributed by atoms with Gasteiger partial charge in [0.2, 0.25) is 5.91 Å². The molecule has 0 spiro atoms. The third kappa shape index (κ3) is 7.71. The standard InChI is InChI=1S/C23H24Cl2F4N2O4/c1-30(20(33)13-23(27,28)29)14-22(9-4-10-32,15-7-8-18(24)19(25)11-15)31(2)21(34)35-17-6-3-5-16(26)12-17/h3,5-8,11-12,32H,4,9-10,13-14H2,1-2H3/t22-/m1/s1. The van der Waals surface area contributed by atoms with E-state index in [0.717, 1.165) is 21.9 Å². The van der Waals surface area contributed by atoms with Crippen molar-refractivity contribution in [3.63, 3.8) is 0 Å². The van der Waals surface area contributed by atoms with Gasteiger partial charge in [-0.15, -0.1) is 0 Å². The molecule has 2 aromatic carbocycles. The number of hydrogen-bond acceptors (Lipinski definition) is 4. The molecule has 0 aliphatic heterocycles. The minimum Gasteiger partial charge on any atom is -0.410 e. The number of benzene rings is 2. The van der Waals surface area contributed by atoms with Crippen molar-refractivity contribution in [2.24, 2.45) is 0 Å². The first-order valence-corrected chi connectivity index (χ1v) is 11.1. The summed E-state index contributed by atoms with van der Waals surface area (Å²) in [5, 5.41) is 9.80. The first-order valence-electron chi connectivity index (χ1n) is 10.4. The van der Waals surface area contributed by atoms with E-state index < -0.39 is 42.5 Å². The third-order valence-electron chi connectivity index (χ3n) is 5.40. The number of halogens is 6. The highest BCUT2D eigenvalue weighted by molar-refractivity contribution is 6.42. The van der Waals surface area contributed by atoms with Crippen LogP contribution in [0.25, 0.3) is 0 Å². The molecule has 2 amide bonds. The zero-order valence-corrected chi connectivity index (χ0v) is 20.4. The molecule has 0 fully saturated rings. The van der Waals surface area contributed by atoms with E-state index in [0.29, 0.717) is 5.56 Å². The fraction of sp³-hybridized carbons (Fsp3) is 0.391. The molecule has 0 radical (unpaired) electrons. The van der Waals surface area contributed by atoms with Crippen molar-refractivity contribution in [3.05, 3.63) is 63.9 Å². The van der Waals surface area contributed by atoms with E-state index in [9.17, 15) is 32.3 Å². The maximum Gasteiger partial charge on any atom is 0.415 e. The first-order chi connectivity index (χ1) is 16.3. The second kappa shape index (κ2) is 11.9. The van der Waals surface area contributed by atoms with Gasteiger partial charge in [0.1, 0.15) is 18.0 Å². The Labute approximate surface area is 210 Å². The summed E-state index contributed by atoms with van der Waals surface area (Å²) in [4.78, 5) is 27.4. The number of carbonyl (C=O) groups is 2. The molecule has 2 aromatic rings. The van der Waals surface area contributed by atoms with Gasteiger partial charge in [-0.2, -0.15) is 13.2 Å². The molecule has 1 N–H and O–H groups in total. The number of nitrogens with zero attached hydrogens (tertiary/aromatic N) is 2. The van der Waals surface area contributed by atoms with Crippen molar-refractivity contribution in [1.82, 2.24) is 9.80 Å². The van der Waals surface area contributed by atoms with Gasteiger partial charge in [0, 0.05) is 33.3 Å². The van der Waals surface area contributed by atoms with E-state index in [4.69, 9.17) is 27.9 Å². The smallest absolute Gasteiger partial charge is 0.410 e. The van der Waals surface area contributed by atoms with E-state index in [2.05, 4.69) is 0 Å². The molecular weight excluding hydrogens is 515 g/mol. The Morgan fingerprint density at radius 2 is 1.74 bits per heavy atom. The van der Waals surface area contributed by atoms with Crippen molar-refractivity contribution in [2.75, 3.05) is 27.2 Å². The summed E-state index contributed by atoms with van der Waals surface area (Å²) in [5.74, 6) is -1.97. The van der Waals surface area contributed by atoms with Crippen LogP contribution in [-0.2, 0) is 10.3 Å². The van der Waals surface area contributed by atoms with Crippen molar-refractivity contribution < 1.29 is 37.0 Å². The summed E-state index contributed by atoms with van der Waals surface area (Å²) in [6, 6.07) is 9.20. The molecule has 0 unspecified atom stereocenters. The Balaban J connectivity index is 2.54. The van der Waals surface area contributed by atoms with Crippen LogP contribution in [0.3, 0.4) is 0 Å². The molecule has 1 atom stereocenters. The average molecular weight is 539 g/mol. The quantitative estimate of drug-likeness (QED) is 0.419. The summed E-state index contributed by atoms with van der Waals surface area (Å²) >= 11 is 12.2. The normalized spacial score (nSPS) is 13.2. The topological polar surface area (TPSA) is 70.1 Å². The number of likely N-dealkylation sites (N-methyl/N-ethyl adjacent to an activating group) is 2. The summed E-state index contributed by atoms with van der Waals surface area (Å²) in [7, 11) is 2.49. The number of amides is 2. The van der Waals surface area contributed by atoms with E-state index in [1.165, 1.54) is 44.4 Å². The number of alkyl halides is 3. The molecule has 0 aromatic heterocycles. The Morgan fingerprint density at radius 1 is 1.06 bits per heavy atom. The van der Waals surface area contributed by atoms with Gasteiger partial charge in [-0.1, -0.05) is 35.3 Å². The third-order valence-corrected chi connectivity index (χ3v) is 6.14. The highest BCUT2D eigenvalue weighted by Gasteiger charge is 2.43. The van der Waals surface area contributed by atoms with Crippen LogP contribution in [0.5, 0.6) is 5.75 Å². The van der Waals surface area contributed by atoms with Gasteiger partial charge < -0.3 is 14.7 Å². The van der Waals surface area contributed by atoms with Crippen molar-refractivity contribution in [2.45, 2.75) is 31.0 Å². The summed E-state index contributed by atoms with van der Waals surface area (Å²) < 4.78 is 57.4. The Kier molecular flexibility index (Phi) is 9.76. The van der Waals surface area contributed by atoms with Crippen molar-refractivity contribution in [3.8, 4) is 5.75 Å². The second-order valence-electron chi connectivity index (χ2n) is 7.91. The predicted molar refractivity (Wildman–Crippen MR) is 123 cm³/mol. The minimum absolute atomic E-state index is 0.0137. The zero-order valence-electron chi connectivity index (χ0n) is 18.9. The lowest BCUT2D eigenvalue weighted by atomic mass is 9.83. The predicted octanol–water partition coefficient (Wildman–Crippen LogP) is 5.64. The van der Waals surface area contributed by atoms with E-state index in [1.807, 2.05) is 0 Å². The lowest BCUT2D eigenvalue weighted by Crippen LogP contribution is -2.55. The number of hydrogen-bond donors (Lipinski definition) is 1. The van der Waals surface area contributed by atoms with Crippen LogP contribution in [0, 0.1) is 5.82 Å². The number of ether oxygens (including phenoxy) is 1. The lowest BCUT2D eigenvalue weighted by molar-refractivity contribution is -0.161. The van der Waals surface area contributed by atoms with Gasteiger partial charge in [0.15, 0.2) is 0 Å². The number of carbonyl (C=O) groups excluding carboxylic acids is 2. The van der Waals surface area contributed by atoms with Gasteiger partial charge in [-0.05, 0) is 42.7 Å². The number of aliphatic hydroxyl groups excluding tert-OH is 1. The SMILES string of the molecule is CN(C[C@](CCCO)(c1ccc(Cl)c(Cl)c1)N(C)C(=O)Oc1cccc(F)c1)C(=O)CC(F)(F)F. The maximum atomic E-state index is 13.6. The van der Waals surface area contributed by atoms with Crippen LogP contribution >= 0.6 is 23.2 Å². The number of rotatable bonds is 9. The second-order valence-corrected chi connectivity index (χ2v) is 8.73. The van der Waals surface area contributed by atoms with Crippen molar-refractivity contribution >= 4 is 35.2 Å².